The molecular weight excluding hydrogens is 292 g/mol. The summed E-state index contributed by atoms with van der Waals surface area (Å²) in [6, 6.07) is 9.81. The predicted octanol–water partition coefficient (Wildman–Crippen LogP) is 1.91. The Labute approximate surface area is 120 Å². The van der Waals surface area contributed by atoms with E-state index < -0.39 is 10.0 Å². The van der Waals surface area contributed by atoms with Crippen LogP contribution in [-0.4, -0.2) is 18.6 Å². The molecule has 3 N–H and O–H groups in total. The molecule has 0 aliphatic rings. The van der Waals surface area contributed by atoms with Crippen LogP contribution in [0.1, 0.15) is 5.82 Å². The van der Waals surface area contributed by atoms with E-state index in [2.05, 4.69) is 14.9 Å². The minimum absolute atomic E-state index is 0.121. The second-order valence-corrected chi connectivity index (χ2v) is 6.14. The third-order valence-corrected chi connectivity index (χ3v) is 4.28. The number of hydrogen-bond donors (Lipinski definition) is 2. The number of benzene rings is 2. The molecule has 0 saturated heterocycles. The van der Waals surface area contributed by atoms with Gasteiger partial charge in [-0.25, -0.2) is 13.1 Å². The van der Waals surface area contributed by atoms with Crippen LogP contribution in [0.5, 0.6) is 0 Å². The Balaban J connectivity index is 2.10. The molecule has 0 spiro atoms. The molecule has 0 saturated carbocycles. The fourth-order valence-corrected chi connectivity index (χ4v) is 3.17. The summed E-state index contributed by atoms with van der Waals surface area (Å²) in [5.41, 5.74) is 6.28. The summed E-state index contributed by atoms with van der Waals surface area (Å²) in [5.74, 6) is 0.346. The van der Waals surface area contributed by atoms with Gasteiger partial charge < -0.3 is 10.3 Å². The number of aromatic nitrogens is 2. The van der Waals surface area contributed by atoms with Gasteiger partial charge in [0.05, 0.1) is 4.90 Å². The van der Waals surface area contributed by atoms with Crippen molar-refractivity contribution in [1.82, 2.24) is 10.1 Å². The summed E-state index contributed by atoms with van der Waals surface area (Å²) in [5, 5.41) is 4.84. The van der Waals surface area contributed by atoms with Gasteiger partial charge in [-0.2, -0.15) is 4.98 Å². The van der Waals surface area contributed by atoms with Crippen LogP contribution >= 0.6 is 0 Å². The van der Waals surface area contributed by atoms with Gasteiger partial charge in [0, 0.05) is 11.1 Å². The summed E-state index contributed by atoms with van der Waals surface area (Å²) in [6.45, 7) is 1.60. The lowest BCUT2D eigenvalue weighted by molar-refractivity contribution is 0.429. The van der Waals surface area contributed by atoms with E-state index in [1.54, 1.807) is 37.3 Å². The largest absolute Gasteiger partial charge is 0.399 e. The van der Waals surface area contributed by atoms with E-state index in [0.29, 0.717) is 16.9 Å². The van der Waals surface area contributed by atoms with E-state index in [1.165, 1.54) is 6.07 Å². The van der Waals surface area contributed by atoms with Crippen LogP contribution in [0, 0.1) is 6.92 Å². The topological polar surface area (TPSA) is 111 Å². The fraction of sp³-hybridized carbons (Fsp3) is 0.0769. The predicted molar refractivity (Wildman–Crippen MR) is 78.2 cm³/mol. The van der Waals surface area contributed by atoms with Gasteiger partial charge in [-0.3, -0.25) is 0 Å². The summed E-state index contributed by atoms with van der Waals surface area (Å²) in [4.78, 5) is 3.95. The molecule has 0 aliphatic carbocycles. The lowest BCUT2D eigenvalue weighted by Crippen LogP contribution is -2.13. The maximum Gasteiger partial charge on any atom is 0.335 e. The summed E-state index contributed by atoms with van der Waals surface area (Å²) in [7, 11) is -3.83. The summed E-state index contributed by atoms with van der Waals surface area (Å²) < 4.78 is 31.9. The van der Waals surface area contributed by atoms with Gasteiger partial charge in [-0.1, -0.05) is 23.4 Å². The monoisotopic (exact) mass is 304 g/mol. The first-order valence-electron chi connectivity index (χ1n) is 6.07. The molecule has 0 radical (unpaired) electrons. The Bertz CT molecular complexity index is 918. The fourth-order valence-electron chi connectivity index (χ4n) is 2.02. The Morgan fingerprint density at radius 3 is 2.76 bits per heavy atom. The minimum atomic E-state index is -3.83. The van der Waals surface area contributed by atoms with Gasteiger partial charge in [0.1, 0.15) is 0 Å². The molecular formula is C13H12N4O3S. The van der Waals surface area contributed by atoms with E-state index in [9.17, 15) is 8.42 Å². The summed E-state index contributed by atoms with van der Waals surface area (Å²) in [6.07, 6.45) is 0. The van der Waals surface area contributed by atoms with Crippen LogP contribution in [-0.2, 0) is 10.0 Å². The van der Waals surface area contributed by atoms with Crippen molar-refractivity contribution in [3.05, 3.63) is 42.2 Å². The highest BCUT2D eigenvalue weighted by Crippen LogP contribution is 2.26. The normalized spacial score (nSPS) is 11.7. The number of sulfonamides is 1. The van der Waals surface area contributed by atoms with E-state index in [-0.39, 0.29) is 10.9 Å². The van der Waals surface area contributed by atoms with Gasteiger partial charge in [-0.15, -0.1) is 0 Å². The molecule has 0 atom stereocenters. The number of nitrogens with one attached hydrogen (secondary N) is 1. The zero-order chi connectivity index (χ0) is 15.0. The Morgan fingerprint density at radius 2 is 2.05 bits per heavy atom. The highest BCUT2D eigenvalue weighted by atomic mass is 32.2. The lowest BCUT2D eigenvalue weighted by Gasteiger charge is -2.08. The number of nitrogens with two attached hydrogens (primary N) is 1. The number of hydrogen-bond acceptors (Lipinski definition) is 6. The zero-order valence-electron chi connectivity index (χ0n) is 11.1. The maximum absolute atomic E-state index is 12.4. The van der Waals surface area contributed by atoms with Crippen molar-refractivity contribution in [1.29, 1.82) is 0 Å². The average molecular weight is 304 g/mol. The number of fused-ring (bicyclic) bond motifs is 1. The minimum Gasteiger partial charge on any atom is -0.399 e. The molecule has 0 unspecified atom stereocenters. The third kappa shape index (κ3) is 2.52. The third-order valence-electron chi connectivity index (χ3n) is 2.90. The van der Waals surface area contributed by atoms with Gasteiger partial charge in [0.15, 0.2) is 5.82 Å². The van der Waals surface area contributed by atoms with Crippen LogP contribution < -0.4 is 10.5 Å². The van der Waals surface area contributed by atoms with E-state index in [4.69, 9.17) is 10.3 Å². The van der Waals surface area contributed by atoms with Gasteiger partial charge in [-0.05, 0) is 30.5 Å². The molecule has 1 heterocycles. The molecule has 108 valence electrons. The number of anilines is 2. The quantitative estimate of drug-likeness (QED) is 0.715. The molecule has 0 fully saturated rings. The number of rotatable bonds is 3. The van der Waals surface area contributed by atoms with Crippen LogP contribution in [0.4, 0.5) is 11.7 Å². The molecule has 7 nitrogen and oxygen atoms in total. The van der Waals surface area contributed by atoms with Crippen molar-refractivity contribution in [3.8, 4) is 0 Å². The molecule has 3 rings (SSSR count). The Morgan fingerprint density at radius 1 is 1.24 bits per heavy atom. The first-order chi connectivity index (χ1) is 9.95. The van der Waals surface area contributed by atoms with Crippen molar-refractivity contribution in [2.45, 2.75) is 11.8 Å². The van der Waals surface area contributed by atoms with E-state index >= 15 is 0 Å². The second kappa shape index (κ2) is 4.74. The van der Waals surface area contributed by atoms with Gasteiger partial charge >= 0.3 is 6.01 Å². The SMILES string of the molecule is Cc1noc(NS(=O)(=O)c2cccc3cc(N)ccc23)n1. The van der Waals surface area contributed by atoms with Crippen molar-refractivity contribution in [3.63, 3.8) is 0 Å². The average Bonchev–Trinajstić information content (AvgIpc) is 2.82. The number of nitrogen functional groups attached to an aromatic ring is 1. The molecule has 21 heavy (non-hydrogen) atoms. The first-order valence-corrected chi connectivity index (χ1v) is 7.55. The molecule has 0 bridgehead atoms. The highest BCUT2D eigenvalue weighted by molar-refractivity contribution is 7.93. The van der Waals surface area contributed by atoms with Crippen molar-refractivity contribution in [2.75, 3.05) is 10.5 Å². The van der Waals surface area contributed by atoms with Crippen LogP contribution in [0.2, 0.25) is 0 Å². The van der Waals surface area contributed by atoms with E-state index in [0.717, 1.165) is 5.39 Å². The van der Waals surface area contributed by atoms with Crippen molar-refractivity contribution >= 4 is 32.5 Å². The maximum atomic E-state index is 12.4. The first kappa shape index (κ1) is 13.4. The molecule has 1 aromatic heterocycles. The molecule has 0 aliphatic heterocycles. The Kier molecular flexibility index (Phi) is 3.02. The lowest BCUT2D eigenvalue weighted by atomic mass is 10.1. The second-order valence-electron chi connectivity index (χ2n) is 4.49. The standard InChI is InChI=1S/C13H12N4O3S/c1-8-15-13(20-16-8)17-21(18,19)12-4-2-3-9-7-10(14)5-6-11(9)12/h2-7H,14H2,1H3,(H,15,16,17). The Hall–Kier alpha value is -2.61. The molecule has 2 aromatic carbocycles. The van der Waals surface area contributed by atoms with Crippen LogP contribution in [0.3, 0.4) is 0 Å². The number of nitrogens with zero attached hydrogens (tertiary/aromatic N) is 2. The zero-order valence-corrected chi connectivity index (χ0v) is 11.9. The van der Waals surface area contributed by atoms with Crippen LogP contribution in [0.15, 0.2) is 45.8 Å². The molecule has 3 aromatic rings. The van der Waals surface area contributed by atoms with E-state index in [1.807, 2.05) is 0 Å². The highest BCUT2D eigenvalue weighted by Gasteiger charge is 2.20. The molecule has 0 amide bonds. The summed E-state index contributed by atoms with van der Waals surface area (Å²) >= 11 is 0. The van der Waals surface area contributed by atoms with Crippen molar-refractivity contribution in [2.24, 2.45) is 0 Å². The number of aryl methyl sites for hydroxylation is 1. The molecule has 8 heteroatoms. The van der Waals surface area contributed by atoms with Crippen molar-refractivity contribution < 1.29 is 12.9 Å². The van der Waals surface area contributed by atoms with Gasteiger partial charge in [0.25, 0.3) is 10.0 Å². The smallest absolute Gasteiger partial charge is 0.335 e. The van der Waals surface area contributed by atoms with Gasteiger partial charge in [0.2, 0.25) is 0 Å². The van der Waals surface area contributed by atoms with Crippen LogP contribution in [0.25, 0.3) is 10.8 Å².